The van der Waals surface area contributed by atoms with Crippen molar-refractivity contribution < 1.29 is 124 Å². The number of alkyl halides is 1. The summed E-state index contributed by atoms with van der Waals surface area (Å²) in [5.41, 5.74) is 5.94. The molecule has 129 heavy (non-hydrogen) atoms. The number of methoxy groups -OCH3 is 10. The second-order valence-electron chi connectivity index (χ2n) is 28.7. The molecule has 30 nitrogen and oxygen atoms in total. The van der Waals surface area contributed by atoms with E-state index in [4.69, 9.17) is 47.4 Å². The highest BCUT2D eigenvalue weighted by Gasteiger charge is 2.42. The third-order valence-electron chi connectivity index (χ3n) is 21.0. The van der Waals surface area contributed by atoms with Crippen LogP contribution in [0.3, 0.4) is 0 Å². The number of unbranched alkanes of at least 4 members (excludes halogenated alkanes) is 1. The third kappa shape index (κ3) is 18.9. The second kappa shape index (κ2) is 41.3. The number of anilines is 5. The van der Waals surface area contributed by atoms with Gasteiger partial charge in [0.2, 0.25) is 52.5 Å². The van der Waals surface area contributed by atoms with Gasteiger partial charge in [0.1, 0.15) is 57.5 Å². The van der Waals surface area contributed by atoms with Crippen LogP contribution < -0.4 is 74.0 Å². The normalized spacial score (nSPS) is 12.4. The molecule has 0 saturated heterocycles. The lowest BCUT2D eigenvalue weighted by Crippen LogP contribution is -2.24. The Balaban J connectivity index is 0.000000167. The van der Waals surface area contributed by atoms with Crippen LogP contribution in [-0.2, 0) is 24.0 Å². The smallest absolute Gasteiger partial charge is 0.258 e. The Kier molecular flexibility index (Phi) is 30.6. The standard InChI is InChI=1S/C21H21NO5.C19H16FNO5.3C19H17NO5.CH4/c1-4-5-9-17(23)22-12-10-14-19(16(11-12)27-3)21(25)18-13(20(14)24)7-6-8-15(18)26-2;1-9(20)19(24)21-10-7-12-16(14(8-10)26-3)18(23)15-11(17(12)22)5-4-6-13(15)25-2;3*1-4-15(21)20-10-8-12-17(14(9-10)25-3)19(23)16-11(18(12)22)6-5-7-13(16)24-2;/h6-8,10-11H,4-5,9H2,1-3H3,(H,22,23);4-9H,1-3H3,(H,21,24);3*5-9H,4H2,1-3H3,(H,20,21);1H4. The van der Waals surface area contributed by atoms with Crippen molar-refractivity contribution in [3.05, 3.63) is 263 Å². The molecule has 0 bridgehead atoms. The summed E-state index contributed by atoms with van der Waals surface area (Å²) in [6, 6.07) is 39.3. The minimum absolute atomic E-state index is 0. The molecule has 0 aromatic heterocycles. The molecule has 31 heteroatoms. The van der Waals surface area contributed by atoms with E-state index in [1.807, 2.05) is 6.92 Å². The number of carbonyl (C=O) groups is 15. The number of carbonyl (C=O) groups excluding carboxylic acids is 15. The molecule has 5 aliphatic carbocycles. The first-order valence-electron chi connectivity index (χ1n) is 40.0. The summed E-state index contributed by atoms with van der Waals surface area (Å²) in [7, 11) is 14.2. The number of hydrogen-bond acceptors (Lipinski definition) is 25. The van der Waals surface area contributed by atoms with Gasteiger partial charge >= 0.3 is 0 Å². The van der Waals surface area contributed by atoms with Gasteiger partial charge in [-0.1, -0.05) is 102 Å². The first-order chi connectivity index (χ1) is 61.4. The minimum Gasteiger partial charge on any atom is -0.496 e. The van der Waals surface area contributed by atoms with Crippen molar-refractivity contribution in [2.75, 3.05) is 97.7 Å². The molecular formula is C98H92FN5O25. The summed E-state index contributed by atoms with van der Waals surface area (Å²) in [6.07, 6.45) is 1.25. The molecule has 5 aliphatic rings. The predicted octanol–water partition coefficient (Wildman–Crippen LogP) is 15.5. The van der Waals surface area contributed by atoms with Gasteiger partial charge in [-0.2, -0.15) is 0 Å². The zero-order valence-electron chi connectivity index (χ0n) is 72.3. The van der Waals surface area contributed by atoms with E-state index < -0.39 is 23.6 Å². The fraction of sp³-hybridized carbons (Fsp3) is 0.235. The van der Waals surface area contributed by atoms with Gasteiger partial charge < -0.3 is 74.0 Å². The molecule has 1 unspecified atom stereocenters. The molecule has 10 aromatic carbocycles. The van der Waals surface area contributed by atoms with Crippen molar-refractivity contribution in [1.29, 1.82) is 0 Å². The summed E-state index contributed by atoms with van der Waals surface area (Å²) >= 11 is 0. The number of ketones is 10. The third-order valence-corrected chi connectivity index (χ3v) is 21.0. The van der Waals surface area contributed by atoms with E-state index >= 15 is 0 Å². The van der Waals surface area contributed by atoms with Gasteiger partial charge in [0, 0.05) is 140 Å². The van der Waals surface area contributed by atoms with Crippen molar-refractivity contribution in [3.8, 4) is 57.5 Å². The maximum atomic E-state index is 13.1. The molecule has 0 heterocycles. The molecule has 0 radical (unpaired) electrons. The monoisotopic (exact) mass is 1760 g/mol. The van der Waals surface area contributed by atoms with Crippen LogP contribution >= 0.6 is 0 Å². The Morgan fingerprint density at radius 2 is 0.450 bits per heavy atom. The minimum atomic E-state index is -1.72. The van der Waals surface area contributed by atoms with Crippen molar-refractivity contribution in [3.63, 3.8) is 0 Å². The van der Waals surface area contributed by atoms with Gasteiger partial charge in [0.15, 0.2) is 35.1 Å². The van der Waals surface area contributed by atoms with E-state index in [-0.39, 0.29) is 229 Å². The number of hydrogen-bond donors (Lipinski definition) is 5. The fourth-order valence-corrected chi connectivity index (χ4v) is 14.8. The van der Waals surface area contributed by atoms with Crippen LogP contribution in [0.2, 0.25) is 0 Å². The van der Waals surface area contributed by atoms with E-state index in [2.05, 4.69) is 26.6 Å². The lowest BCUT2D eigenvalue weighted by Gasteiger charge is -2.22. The topological polar surface area (TPSA) is 408 Å². The zero-order valence-corrected chi connectivity index (χ0v) is 72.3. The zero-order chi connectivity index (χ0) is 93.0. The summed E-state index contributed by atoms with van der Waals surface area (Å²) in [5, 5.41) is 13.2. The Hall–Kier alpha value is -15.8. The van der Waals surface area contributed by atoms with E-state index in [9.17, 15) is 76.3 Å². The first-order valence-corrected chi connectivity index (χ1v) is 40.0. The summed E-state index contributed by atoms with van der Waals surface area (Å²) < 4.78 is 65.9. The van der Waals surface area contributed by atoms with Gasteiger partial charge in [-0.15, -0.1) is 0 Å². The highest BCUT2D eigenvalue weighted by Crippen LogP contribution is 2.46. The fourth-order valence-electron chi connectivity index (χ4n) is 14.8. The molecule has 0 aliphatic heterocycles. The number of rotatable bonds is 22. The van der Waals surface area contributed by atoms with Crippen molar-refractivity contribution in [1.82, 2.24) is 0 Å². The highest BCUT2D eigenvalue weighted by molar-refractivity contribution is 6.35. The van der Waals surface area contributed by atoms with Crippen LogP contribution in [0.4, 0.5) is 32.8 Å². The molecule has 0 spiro atoms. The van der Waals surface area contributed by atoms with Crippen LogP contribution in [-0.4, -0.2) is 165 Å². The van der Waals surface area contributed by atoms with Gasteiger partial charge in [-0.3, -0.25) is 71.9 Å². The van der Waals surface area contributed by atoms with Crippen LogP contribution in [0, 0.1) is 0 Å². The molecule has 0 fully saturated rings. The molecule has 5 amide bonds. The van der Waals surface area contributed by atoms with Crippen LogP contribution in [0.25, 0.3) is 0 Å². The van der Waals surface area contributed by atoms with Gasteiger partial charge in [0.25, 0.3) is 5.91 Å². The number of benzene rings is 10. The number of ether oxygens (including phenoxy) is 10. The Bertz CT molecular complexity index is 5970. The first kappa shape index (κ1) is 95.4. The highest BCUT2D eigenvalue weighted by atomic mass is 19.1. The Morgan fingerprint density at radius 1 is 0.264 bits per heavy atom. The molecule has 666 valence electrons. The predicted molar refractivity (Wildman–Crippen MR) is 475 cm³/mol. The van der Waals surface area contributed by atoms with E-state index in [0.29, 0.717) is 71.4 Å². The van der Waals surface area contributed by atoms with Gasteiger partial charge in [0.05, 0.1) is 127 Å². The lowest BCUT2D eigenvalue weighted by atomic mass is 9.82. The van der Waals surface area contributed by atoms with Crippen LogP contribution in [0.1, 0.15) is 240 Å². The van der Waals surface area contributed by atoms with Crippen LogP contribution in [0.5, 0.6) is 57.5 Å². The summed E-state index contributed by atoms with van der Waals surface area (Å²) in [5.74, 6) is -2.29. The molecule has 5 N–H and O–H groups in total. The average Bonchev–Trinajstić information content (AvgIpc) is 0.763. The van der Waals surface area contributed by atoms with Crippen LogP contribution in [0.15, 0.2) is 152 Å². The van der Waals surface area contributed by atoms with Crippen molar-refractivity contribution in [2.24, 2.45) is 0 Å². The van der Waals surface area contributed by atoms with Crippen molar-refractivity contribution in [2.45, 2.75) is 86.7 Å². The van der Waals surface area contributed by atoms with E-state index in [1.165, 1.54) is 132 Å². The number of nitrogens with one attached hydrogen (secondary N) is 5. The number of fused-ring (bicyclic) bond motifs is 10. The molecule has 10 aromatic rings. The van der Waals surface area contributed by atoms with E-state index in [0.717, 1.165) is 19.8 Å². The number of halogens is 1. The maximum Gasteiger partial charge on any atom is 0.258 e. The molecule has 15 rings (SSSR count). The Labute approximate surface area is 740 Å². The molecule has 0 saturated carbocycles. The SMILES string of the molecule is C.CCC(=O)Nc1cc(OC)c2c(c1)C(=O)c1cccc(OC)c1C2=O.CCC(=O)Nc1cc(OC)c2c(c1)C(=O)c1cccc(OC)c1C2=O.CCC(=O)Nc1cc(OC)c2c(c1)C(=O)c1cccc(OC)c1C2=O.CCCCC(=O)Nc1cc(OC)c2c(c1)C(=O)c1cccc(OC)c1C2=O.COc1cccc2c1C(=O)c1c(OC)cc(NC(=O)C(C)F)cc1C2=O. The van der Waals surface area contributed by atoms with E-state index in [1.54, 1.807) is 112 Å². The van der Waals surface area contributed by atoms with Crippen molar-refractivity contribution >= 4 is 116 Å². The van der Waals surface area contributed by atoms with Gasteiger partial charge in [-0.05, 0) is 74.0 Å². The lowest BCUT2D eigenvalue weighted by molar-refractivity contribution is -0.120. The summed E-state index contributed by atoms with van der Waals surface area (Å²) in [6.45, 7) is 8.28. The van der Waals surface area contributed by atoms with Gasteiger partial charge in [-0.25, -0.2) is 4.39 Å². The molecule has 1 atom stereocenters. The summed E-state index contributed by atoms with van der Waals surface area (Å²) in [4.78, 5) is 188. The number of amides is 5. The second-order valence-corrected chi connectivity index (χ2v) is 28.7. The quantitative estimate of drug-likeness (QED) is 0.0421. The maximum absolute atomic E-state index is 13.1. The Morgan fingerprint density at radius 3 is 0.628 bits per heavy atom. The molecular weight excluding hydrogens is 1670 g/mol. The largest absolute Gasteiger partial charge is 0.496 e. The average molecular weight is 1760 g/mol.